The lowest BCUT2D eigenvalue weighted by molar-refractivity contribution is 0.349. The standard InChI is InChI=1S/C26H29BrN4O/c1-25(2,3)16-30-15-17(19-9-7-8-10-22(19)30)14-28-31-23(32)20-13-18(27)11-12-21(20)29-24(31)26(4,5)6/h7-15H,16H2,1-6H3. The van der Waals surface area contributed by atoms with Crippen LogP contribution in [0.2, 0.25) is 0 Å². The number of rotatable bonds is 3. The molecule has 4 rings (SSSR count). The van der Waals surface area contributed by atoms with Gasteiger partial charge in [0.15, 0.2) is 0 Å². The van der Waals surface area contributed by atoms with E-state index in [0.29, 0.717) is 16.7 Å². The Morgan fingerprint density at radius 3 is 2.44 bits per heavy atom. The second-order valence-corrected chi connectivity index (χ2v) is 11.4. The first kappa shape index (κ1) is 22.5. The molecule has 4 aromatic rings. The molecular weight excluding hydrogens is 464 g/mol. The molecule has 0 amide bonds. The molecule has 0 aliphatic carbocycles. The van der Waals surface area contributed by atoms with Crippen LogP contribution >= 0.6 is 15.9 Å². The summed E-state index contributed by atoms with van der Waals surface area (Å²) in [7, 11) is 0. The molecule has 2 heterocycles. The topological polar surface area (TPSA) is 52.2 Å². The second kappa shape index (κ2) is 8.00. The molecule has 2 aromatic carbocycles. The molecule has 0 saturated carbocycles. The van der Waals surface area contributed by atoms with Crippen molar-refractivity contribution < 1.29 is 0 Å². The Kier molecular flexibility index (Phi) is 5.61. The fourth-order valence-corrected chi connectivity index (χ4v) is 4.24. The Morgan fingerprint density at radius 1 is 1.03 bits per heavy atom. The van der Waals surface area contributed by atoms with Crippen molar-refractivity contribution in [1.82, 2.24) is 14.2 Å². The SMILES string of the molecule is CC(C)(C)Cn1cc(C=Nn2c(C(C)(C)C)nc3ccc(Br)cc3c2=O)c2ccccc21. The maximum Gasteiger partial charge on any atom is 0.282 e. The van der Waals surface area contributed by atoms with E-state index < -0.39 is 0 Å². The molecule has 0 atom stereocenters. The molecule has 0 aliphatic heterocycles. The van der Waals surface area contributed by atoms with Gasteiger partial charge in [0.05, 0.1) is 17.1 Å². The molecule has 0 N–H and O–H groups in total. The highest BCUT2D eigenvalue weighted by molar-refractivity contribution is 9.10. The van der Waals surface area contributed by atoms with Gasteiger partial charge in [-0.25, -0.2) is 4.98 Å². The molecule has 166 valence electrons. The first-order chi connectivity index (χ1) is 14.9. The number of para-hydroxylation sites is 1. The van der Waals surface area contributed by atoms with Gasteiger partial charge in [-0.1, -0.05) is 75.7 Å². The zero-order valence-corrected chi connectivity index (χ0v) is 21.1. The van der Waals surface area contributed by atoms with Crippen LogP contribution in [0.4, 0.5) is 0 Å². The summed E-state index contributed by atoms with van der Waals surface area (Å²) >= 11 is 3.46. The van der Waals surface area contributed by atoms with Crippen LogP contribution in [-0.2, 0) is 12.0 Å². The molecule has 0 bridgehead atoms. The van der Waals surface area contributed by atoms with E-state index in [2.05, 4.69) is 70.8 Å². The van der Waals surface area contributed by atoms with Crippen molar-refractivity contribution in [1.29, 1.82) is 0 Å². The van der Waals surface area contributed by atoms with E-state index in [9.17, 15) is 4.79 Å². The van der Waals surface area contributed by atoms with E-state index in [1.807, 2.05) is 39.0 Å². The summed E-state index contributed by atoms with van der Waals surface area (Å²) < 4.78 is 4.55. The van der Waals surface area contributed by atoms with Gasteiger partial charge in [0.1, 0.15) is 5.82 Å². The minimum Gasteiger partial charge on any atom is -0.346 e. The van der Waals surface area contributed by atoms with Crippen LogP contribution in [0.15, 0.2) is 63.0 Å². The molecule has 5 nitrogen and oxygen atoms in total. The Hall–Kier alpha value is -2.73. The maximum absolute atomic E-state index is 13.4. The summed E-state index contributed by atoms with van der Waals surface area (Å²) in [6.07, 6.45) is 3.90. The normalized spacial score (nSPS) is 13.0. The highest BCUT2D eigenvalue weighted by atomic mass is 79.9. The molecule has 0 saturated heterocycles. The molecule has 0 aliphatic rings. The second-order valence-electron chi connectivity index (χ2n) is 10.5. The molecule has 0 spiro atoms. The Balaban J connectivity index is 1.90. The van der Waals surface area contributed by atoms with Crippen LogP contribution in [-0.4, -0.2) is 20.4 Å². The molecule has 2 aromatic heterocycles. The predicted octanol–water partition coefficient (Wildman–Crippen LogP) is 6.34. The first-order valence-corrected chi connectivity index (χ1v) is 11.6. The Bertz CT molecular complexity index is 1400. The third-order valence-corrected chi connectivity index (χ3v) is 5.75. The van der Waals surface area contributed by atoms with Crippen molar-refractivity contribution in [3.8, 4) is 0 Å². The van der Waals surface area contributed by atoms with E-state index in [1.165, 1.54) is 4.68 Å². The summed E-state index contributed by atoms with van der Waals surface area (Å²) in [6, 6.07) is 13.9. The lowest BCUT2D eigenvalue weighted by Gasteiger charge is -2.20. The third-order valence-electron chi connectivity index (χ3n) is 5.26. The molecule has 0 unspecified atom stereocenters. The molecular formula is C26H29BrN4O. The van der Waals surface area contributed by atoms with Crippen LogP contribution in [0.25, 0.3) is 21.8 Å². The third kappa shape index (κ3) is 4.42. The van der Waals surface area contributed by atoms with E-state index >= 15 is 0 Å². The summed E-state index contributed by atoms with van der Waals surface area (Å²) in [6.45, 7) is 13.7. The average molecular weight is 493 g/mol. The summed E-state index contributed by atoms with van der Waals surface area (Å²) in [5.41, 5.74) is 2.44. The fraction of sp³-hybridized carbons (Fsp3) is 0.346. The van der Waals surface area contributed by atoms with Crippen molar-refractivity contribution in [2.45, 2.75) is 53.5 Å². The monoisotopic (exact) mass is 492 g/mol. The quantitative estimate of drug-likeness (QED) is 0.313. The van der Waals surface area contributed by atoms with Crippen LogP contribution in [0.5, 0.6) is 0 Å². The van der Waals surface area contributed by atoms with Crippen molar-refractivity contribution in [2.24, 2.45) is 10.5 Å². The summed E-state index contributed by atoms with van der Waals surface area (Å²) in [4.78, 5) is 18.2. The zero-order chi connectivity index (χ0) is 23.3. The molecule has 6 heteroatoms. The van der Waals surface area contributed by atoms with Crippen LogP contribution < -0.4 is 5.56 Å². The summed E-state index contributed by atoms with van der Waals surface area (Å²) in [5, 5.41) is 6.32. The number of nitrogens with zero attached hydrogens (tertiary/aromatic N) is 4. The Labute approximate surface area is 196 Å². The van der Waals surface area contributed by atoms with Crippen LogP contribution in [0.1, 0.15) is 52.9 Å². The number of halogens is 1. The largest absolute Gasteiger partial charge is 0.346 e. The highest BCUT2D eigenvalue weighted by Gasteiger charge is 2.23. The average Bonchev–Trinajstić information content (AvgIpc) is 3.03. The van der Waals surface area contributed by atoms with Gasteiger partial charge in [0.25, 0.3) is 5.56 Å². The van der Waals surface area contributed by atoms with Gasteiger partial charge >= 0.3 is 0 Å². The Morgan fingerprint density at radius 2 is 1.75 bits per heavy atom. The van der Waals surface area contributed by atoms with E-state index in [1.54, 1.807) is 12.3 Å². The van der Waals surface area contributed by atoms with Gasteiger partial charge in [-0.05, 0) is 29.7 Å². The van der Waals surface area contributed by atoms with Crippen LogP contribution in [0, 0.1) is 5.41 Å². The lowest BCUT2D eigenvalue weighted by Crippen LogP contribution is -2.29. The lowest BCUT2D eigenvalue weighted by atomic mass is 9.95. The zero-order valence-electron chi connectivity index (χ0n) is 19.5. The van der Waals surface area contributed by atoms with Gasteiger partial charge in [-0.3, -0.25) is 4.79 Å². The van der Waals surface area contributed by atoms with Crippen molar-refractivity contribution in [2.75, 3.05) is 0 Å². The number of benzene rings is 2. The van der Waals surface area contributed by atoms with E-state index in [-0.39, 0.29) is 16.4 Å². The van der Waals surface area contributed by atoms with Gasteiger partial charge in [-0.15, -0.1) is 0 Å². The first-order valence-electron chi connectivity index (χ1n) is 10.8. The van der Waals surface area contributed by atoms with Gasteiger partial charge in [0, 0.05) is 39.1 Å². The van der Waals surface area contributed by atoms with Gasteiger partial charge < -0.3 is 4.57 Å². The number of fused-ring (bicyclic) bond motifs is 2. The fourth-order valence-electron chi connectivity index (χ4n) is 3.88. The minimum absolute atomic E-state index is 0.141. The van der Waals surface area contributed by atoms with Gasteiger partial charge in [0.2, 0.25) is 0 Å². The van der Waals surface area contributed by atoms with Crippen LogP contribution in [0.3, 0.4) is 0 Å². The number of aromatic nitrogens is 3. The molecule has 0 radical (unpaired) electrons. The maximum atomic E-state index is 13.4. The summed E-state index contributed by atoms with van der Waals surface area (Å²) in [5.74, 6) is 0.631. The number of hydrogen-bond donors (Lipinski definition) is 0. The molecule has 32 heavy (non-hydrogen) atoms. The smallest absolute Gasteiger partial charge is 0.282 e. The predicted molar refractivity (Wildman–Crippen MR) is 137 cm³/mol. The van der Waals surface area contributed by atoms with E-state index in [4.69, 9.17) is 4.98 Å². The van der Waals surface area contributed by atoms with Gasteiger partial charge in [-0.2, -0.15) is 9.78 Å². The minimum atomic E-state index is -0.349. The van der Waals surface area contributed by atoms with Crippen molar-refractivity contribution in [3.05, 3.63) is 74.9 Å². The molecule has 0 fully saturated rings. The van der Waals surface area contributed by atoms with E-state index in [0.717, 1.165) is 27.5 Å². The number of hydrogen-bond acceptors (Lipinski definition) is 3. The highest BCUT2D eigenvalue weighted by Crippen LogP contribution is 2.26. The van der Waals surface area contributed by atoms with Crippen molar-refractivity contribution >= 4 is 44.0 Å². The van der Waals surface area contributed by atoms with Crippen molar-refractivity contribution in [3.63, 3.8) is 0 Å².